The van der Waals surface area contributed by atoms with Crippen molar-refractivity contribution in [1.82, 2.24) is 10.2 Å². The average Bonchev–Trinajstić information content (AvgIpc) is 2.98. The molecule has 104 valence electrons. The SMILES string of the molecule is CC(CC(C)(C#N)NC1CC1)N(C)CC(F)(F)F. The van der Waals surface area contributed by atoms with Gasteiger partial charge in [-0.05, 0) is 40.2 Å². The van der Waals surface area contributed by atoms with Crippen molar-refractivity contribution in [1.29, 1.82) is 5.26 Å². The Bertz CT molecular complexity index is 320. The van der Waals surface area contributed by atoms with E-state index < -0.39 is 18.3 Å². The fourth-order valence-electron chi connectivity index (χ4n) is 2.00. The van der Waals surface area contributed by atoms with Crippen LogP contribution in [-0.4, -0.2) is 42.3 Å². The summed E-state index contributed by atoms with van der Waals surface area (Å²) in [7, 11) is 1.44. The van der Waals surface area contributed by atoms with Crippen molar-refractivity contribution in [2.24, 2.45) is 0 Å². The second-order valence-corrected chi connectivity index (χ2v) is 5.45. The van der Waals surface area contributed by atoms with Crippen LogP contribution in [-0.2, 0) is 0 Å². The molecule has 0 aromatic carbocycles. The maximum absolute atomic E-state index is 12.3. The number of nitriles is 1. The first-order chi connectivity index (χ1) is 8.15. The molecule has 1 rings (SSSR count). The van der Waals surface area contributed by atoms with Gasteiger partial charge in [0, 0.05) is 12.1 Å². The minimum atomic E-state index is -4.20. The Morgan fingerprint density at radius 2 is 2.00 bits per heavy atom. The molecular weight excluding hydrogens is 243 g/mol. The van der Waals surface area contributed by atoms with Gasteiger partial charge in [-0.2, -0.15) is 18.4 Å². The van der Waals surface area contributed by atoms with Crippen LogP contribution in [0.1, 0.15) is 33.1 Å². The van der Waals surface area contributed by atoms with E-state index in [4.69, 9.17) is 0 Å². The van der Waals surface area contributed by atoms with E-state index in [1.54, 1.807) is 13.8 Å². The zero-order chi connectivity index (χ0) is 14.0. The molecule has 3 nitrogen and oxygen atoms in total. The van der Waals surface area contributed by atoms with Crippen LogP contribution in [0.25, 0.3) is 0 Å². The minimum absolute atomic E-state index is 0.303. The van der Waals surface area contributed by atoms with Gasteiger partial charge in [0.15, 0.2) is 0 Å². The van der Waals surface area contributed by atoms with Gasteiger partial charge in [-0.3, -0.25) is 10.2 Å². The summed E-state index contributed by atoms with van der Waals surface area (Å²) < 4.78 is 36.8. The highest BCUT2D eigenvalue weighted by atomic mass is 19.4. The smallest absolute Gasteiger partial charge is 0.297 e. The summed E-state index contributed by atoms with van der Waals surface area (Å²) in [5, 5.41) is 12.4. The zero-order valence-corrected chi connectivity index (χ0v) is 11.0. The minimum Gasteiger partial charge on any atom is -0.297 e. The van der Waals surface area contributed by atoms with E-state index in [0.29, 0.717) is 12.5 Å². The van der Waals surface area contributed by atoms with Crippen molar-refractivity contribution in [2.75, 3.05) is 13.6 Å². The van der Waals surface area contributed by atoms with Gasteiger partial charge in [-0.1, -0.05) is 0 Å². The van der Waals surface area contributed by atoms with Crippen molar-refractivity contribution in [2.45, 2.75) is 56.9 Å². The van der Waals surface area contributed by atoms with Gasteiger partial charge < -0.3 is 0 Å². The lowest BCUT2D eigenvalue weighted by Crippen LogP contribution is -2.48. The number of hydrogen-bond acceptors (Lipinski definition) is 3. The Balaban J connectivity index is 2.50. The molecule has 6 heteroatoms. The molecule has 0 spiro atoms. The van der Waals surface area contributed by atoms with E-state index >= 15 is 0 Å². The highest BCUT2D eigenvalue weighted by Crippen LogP contribution is 2.26. The fraction of sp³-hybridized carbons (Fsp3) is 0.917. The third-order valence-electron chi connectivity index (χ3n) is 3.23. The number of nitrogens with one attached hydrogen (secondary N) is 1. The topological polar surface area (TPSA) is 39.1 Å². The molecule has 18 heavy (non-hydrogen) atoms. The molecule has 0 heterocycles. The maximum atomic E-state index is 12.3. The van der Waals surface area contributed by atoms with Gasteiger partial charge in [-0.15, -0.1) is 0 Å². The second-order valence-electron chi connectivity index (χ2n) is 5.45. The first kappa shape index (κ1) is 15.3. The lowest BCUT2D eigenvalue weighted by molar-refractivity contribution is -0.147. The van der Waals surface area contributed by atoms with Crippen LogP contribution in [0.4, 0.5) is 13.2 Å². The lowest BCUT2D eigenvalue weighted by atomic mass is 9.94. The molecule has 0 aromatic heterocycles. The van der Waals surface area contributed by atoms with Gasteiger partial charge in [0.1, 0.15) is 5.54 Å². The first-order valence-corrected chi connectivity index (χ1v) is 6.11. The molecule has 1 fully saturated rings. The molecule has 1 saturated carbocycles. The first-order valence-electron chi connectivity index (χ1n) is 6.11. The molecule has 1 aliphatic rings. The third-order valence-corrected chi connectivity index (χ3v) is 3.23. The van der Waals surface area contributed by atoms with E-state index in [-0.39, 0.29) is 6.04 Å². The Morgan fingerprint density at radius 1 is 1.44 bits per heavy atom. The maximum Gasteiger partial charge on any atom is 0.401 e. The lowest BCUT2D eigenvalue weighted by Gasteiger charge is -2.32. The van der Waals surface area contributed by atoms with Gasteiger partial charge in [-0.25, -0.2) is 0 Å². The Labute approximate surface area is 106 Å². The average molecular weight is 263 g/mol. The predicted octanol–water partition coefficient (Wildman–Crippen LogP) is 2.29. The number of halogens is 3. The van der Waals surface area contributed by atoms with Crippen LogP contribution >= 0.6 is 0 Å². The molecule has 0 radical (unpaired) electrons. The summed E-state index contributed by atoms with van der Waals surface area (Å²) in [6.07, 6.45) is -1.73. The van der Waals surface area contributed by atoms with E-state index in [1.807, 2.05) is 0 Å². The Hall–Kier alpha value is -0.800. The Kier molecular flexibility index (Phi) is 4.62. The molecule has 0 amide bonds. The monoisotopic (exact) mass is 263 g/mol. The molecule has 0 bridgehead atoms. The zero-order valence-electron chi connectivity index (χ0n) is 11.0. The van der Waals surface area contributed by atoms with Crippen molar-refractivity contribution < 1.29 is 13.2 Å². The van der Waals surface area contributed by atoms with Crippen molar-refractivity contribution in [3.8, 4) is 6.07 Å². The second kappa shape index (κ2) is 5.45. The number of rotatable bonds is 6. The van der Waals surface area contributed by atoms with Gasteiger partial charge in [0.2, 0.25) is 0 Å². The van der Waals surface area contributed by atoms with E-state index in [2.05, 4.69) is 11.4 Å². The van der Waals surface area contributed by atoms with Gasteiger partial charge in [0.05, 0.1) is 12.6 Å². The quantitative estimate of drug-likeness (QED) is 0.799. The summed E-state index contributed by atoms with van der Waals surface area (Å²) in [6, 6.07) is 2.23. The normalized spacial score (nSPS) is 21.4. The largest absolute Gasteiger partial charge is 0.401 e. The van der Waals surface area contributed by atoms with Crippen LogP contribution in [0.5, 0.6) is 0 Å². The van der Waals surface area contributed by atoms with Crippen LogP contribution in [0.15, 0.2) is 0 Å². The number of nitrogens with zero attached hydrogens (tertiary/aromatic N) is 2. The van der Waals surface area contributed by atoms with Crippen molar-refractivity contribution in [3.05, 3.63) is 0 Å². The molecule has 0 aromatic rings. The number of alkyl halides is 3. The van der Waals surface area contributed by atoms with Crippen molar-refractivity contribution in [3.63, 3.8) is 0 Å². The highest BCUT2D eigenvalue weighted by molar-refractivity contribution is 5.08. The highest BCUT2D eigenvalue weighted by Gasteiger charge is 2.36. The standard InChI is InChI=1S/C12H20F3N3/c1-9(18(3)8-12(13,14)15)6-11(2,7-16)17-10-4-5-10/h9-10,17H,4-6,8H2,1-3H3. The number of hydrogen-bond donors (Lipinski definition) is 1. The van der Waals surface area contributed by atoms with Crippen LogP contribution in [0.2, 0.25) is 0 Å². The van der Waals surface area contributed by atoms with Gasteiger partial charge in [0.25, 0.3) is 0 Å². The molecular formula is C12H20F3N3. The molecule has 1 aliphatic carbocycles. The summed E-state index contributed by atoms with van der Waals surface area (Å²) in [5.74, 6) is 0. The van der Waals surface area contributed by atoms with E-state index in [1.165, 1.54) is 11.9 Å². The molecule has 2 unspecified atom stereocenters. The third kappa shape index (κ3) is 5.23. The van der Waals surface area contributed by atoms with E-state index in [9.17, 15) is 18.4 Å². The molecule has 1 N–H and O–H groups in total. The summed E-state index contributed by atoms with van der Waals surface area (Å²) in [6.45, 7) is 2.53. The Morgan fingerprint density at radius 3 is 2.39 bits per heavy atom. The summed E-state index contributed by atoms with van der Waals surface area (Å²) >= 11 is 0. The van der Waals surface area contributed by atoms with Crippen LogP contribution in [0.3, 0.4) is 0 Å². The van der Waals surface area contributed by atoms with E-state index in [0.717, 1.165) is 12.8 Å². The van der Waals surface area contributed by atoms with Crippen LogP contribution in [0, 0.1) is 11.3 Å². The van der Waals surface area contributed by atoms with Gasteiger partial charge >= 0.3 is 6.18 Å². The summed E-state index contributed by atoms with van der Waals surface area (Å²) in [5.41, 5.74) is -0.750. The predicted molar refractivity (Wildman–Crippen MR) is 62.9 cm³/mol. The molecule has 0 aliphatic heterocycles. The van der Waals surface area contributed by atoms with Crippen molar-refractivity contribution >= 4 is 0 Å². The fourth-order valence-corrected chi connectivity index (χ4v) is 2.00. The molecule has 2 atom stereocenters. The van der Waals surface area contributed by atoms with Crippen LogP contribution < -0.4 is 5.32 Å². The summed E-state index contributed by atoms with van der Waals surface area (Å²) in [4.78, 5) is 1.24. The molecule has 0 saturated heterocycles.